The van der Waals surface area contributed by atoms with Crippen molar-refractivity contribution >= 4 is 5.78 Å². The molecule has 4 heteroatoms. The van der Waals surface area contributed by atoms with E-state index in [1.807, 2.05) is 0 Å². The topological polar surface area (TPSA) is 76.2 Å². The summed E-state index contributed by atoms with van der Waals surface area (Å²) in [5.41, 5.74) is 6.79. The van der Waals surface area contributed by atoms with Crippen LogP contribution in [0, 0.1) is 0 Å². The molecule has 1 unspecified atom stereocenters. The average Bonchev–Trinajstić information content (AvgIpc) is 2.17. The van der Waals surface area contributed by atoms with Crippen LogP contribution in [0.3, 0.4) is 0 Å². The Morgan fingerprint density at radius 1 is 1.69 bits per heavy atom. The predicted octanol–water partition coefficient (Wildman–Crippen LogP) is 0.163. The fourth-order valence-electron chi connectivity index (χ4n) is 0.922. The number of carbonyl (C=O) groups is 1. The molecule has 1 heterocycles. The molecule has 1 rings (SSSR count). The second-order valence-electron chi connectivity index (χ2n) is 2.84. The molecule has 0 saturated carbocycles. The number of hydrogen-bond donors (Lipinski definition) is 2. The third-order valence-corrected chi connectivity index (χ3v) is 1.79. The summed E-state index contributed by atoms with van der Waals surface area (Å²) in [5, 5.41) is 8.74. The molecule has 1 atom stereocenters. The van der Waals surface area contributed by atoms with Crippen LogP contribution in [0.5, 0.6) is 0 Å². The lowest BCUT2D eigenvalue weighted by atomic mass is 10.1. The van der Waals surface area contributed by atoms with E-state index in [2.05, 4.69) is 4.98 Å². The van der Waals surface area contributed by atoms with Gasteiger partial charge in [-0.25, -0.2) is 0 Å². The minimum absolute atomic E-state index is 0.0530. The fourth-order valence-corrected chi connectivity index (χ4v) is 0.922. The van der Waals surface area contributed by atoms with E-state index in [0.717, 1.165) is 0 Å². The van der Waals surface area contributed by atoms with Gasteiger partial charge in [0, 0.05) is 6.20 Å². The molecular formula is C9H12N2O2. The summed E-state index contributed by atoms with van der Waals surface area (Å²) < 4.78 is 0. The Bertz CT molecular complexity index is 295. The first-order chi connectivity index (χ1) is 6.15. The van der Waals surface area contributed by atoms with Gasteiger partial charge >= 0.3 is 0 Å². The third-order valence-electron chi connectivity index (χ3n) is 1.79. The van der Waals surface area contributed by atoms with Gasteiger partial charge in [0.1, 0.15) is 6.04 Å². The summed E-state index contributed by atoms with van der Waals surface area (Å²) in [6.45, 7) is 1.37. The Kier molecular flexibility index (Phi) is 3.11. The van der Waals surface area contributed by atoms with E-state index < -0.39 is 6.04 Å². The Balaban J connectivity index is 2.85. The van der Waals surface area contributed by atoms with Gasteiger partial charge in [-0.1, -0.05) is 6.07 Å². The molecule has 1 aromatic rings. The highest BCUT2D eigenvalue weighted by Gasteiger charge is 2.11. The Morgan fingerprint density at radius 3 is 2.77 bits per heavy atom. The van der Waals surface area contributed by atoms with Crippen LogP contribution in [0.25, 0.3) is 0 Å². The Hall–Kier alpha value is -1.26. The van der Waals surface area contributed by atoms with Crippen LogP contribution in [-0.2, 0) is 11.4 Å². The molecule has 0 spiro atoms. The van der Waals surface area contributed by atoms with Crippen LogP contribution in [-0.4, -0.2) is 15.9 Å². The molecular weight excluding hydrogens is 168 g/mol. The zero-order valence-corrected chi connectivity index (χ0v) is 7.40. The van der Waals surface area contributed by atoms with E-state index in [9.17, 15) is 4.79 Å². The Labute approximate surface area is 76.4 Å². The van der Waals surface area contributed by atoms with Crippen molar-refractivity contribution < 1.29 is 9.90 Å². The summed E-state index contributed by atoms with van der Waals surface area (Å²) in [6.07, 6.45) is 1.51. The van der Waals surface area contributed by atoms with Crippen LogP contribution in [0.15, 0.2) is 18.3 Å². The van der Waals surface area contributed by atoms with Gasteiger partial charge in [0.05, 0.1) is 12.3 Å². The first-order valence-corrected chi connectivity index (χ1v) is 3.97. The lowest BCUT2D eigenvalue weighted by Gasteiger charge is -2.06. The molecule has 0 saturated heterocycles. The largest absolute Gasteiger partial charge is 0.392 e. The lowest BCUT2D eigenvalue weighted by Crippen LogP contribution is -2.19. The second kappa shape index (κ2) is 4.11. The summed E-state index contributed by atoms with van der Waals surface area (Å²) in [6, 6.07) is 2.69. The van der Waals surface area contributed by atoms with Crippen molar-refractivity contribution in [3.05, 3.63) is 29.6 Å². The van der Waals surface area contributed by atoms with Gasteiger partial charge in [0.2, 0.25) is 0 Å². The molecule has 0 bridgehead atoms. The van der Waals surface area contributed by atoms with Crippen LogP contribution in [0.4, 0.5) is 0 Å². The number of hydrogen-bond acceptors (Lipinski definition) is 4. The molecule has 3 N–H and O–H groups in total. The highest BCUT2D eigenvalue weighted by molar-refractivity contribution is 5.82. The van der Waals surface area contributed by atoms with E-state index in [-0.39, 0.29) is 12.4 Å². The normalized spacial score (nSPS) is 12.5. The number of aliphatic hydroxyl groups excluding tert-OH is 1. The zero-order valence-electron chi connectivity index (χ0n) is 7.40. The van der Waals surface area contributed by atoms with Crippen LogP contribution in [0.2, 0.25) is 0 Å². The molecule has 0 aliphatic heterocycles. The van der Waals surface area contributed by atoms with Crippen molar-refractivity contribution in [1.29, 1.82) is 0 Å². The number of aliphatic hydroxyl groups is 1. The first-order valence-electron chi connectivity index (χ1n) is 3.97. The number of aromatic nitrogens is 1. The number of rotatable bonds is 3. The van der Waals surface area contributed by atoms with E-state index in [4.69, 9.17) is 10.8 Å². The molecule has 4 nitrogen and oxygen atoms in total. The van der Waals surface area contributed by atoms with Gasteiger partial charge < -0.3 is 10.8 Å². The highest BCUT2D eigenvalue weighted by atomic mass is 16.3. The van der Waals surface area contributed by atoms with E-state index in [0.29, 0.717) is 11.3 Å². The van der Waals surface area contributed by atoms with Gasteiger partial charge in [-0.05, 0) is 18.6 Å². The maximum atomic E-state index is 10.9. The molecule has 0 aliphatic rings. The minimum atomic E-state index is -0.659. The van der Waals surface area contributed by atoms with Crippen molar-refractivity contribution in [1.82, 2.24) is 4.98 Å². The second-order valence-corrected chi connectivity index (χ2v) is 2.84. The highest BCUT2D eigenvalue weighted by Crippen LogP contribution is 2.08. The van der Waals surface area contributed by atoms with Crippen LogP contribution in [0.1, 0.15) is 24.2 Å². The fraction of sp³-hybridized carbons (Fsp3) is 0.333. The maximum Gasteiger partial charge on any atom is 0.152 e. The smallest absolute Gasteiger partial charge is 0.152 e. The van der Waals surface area contributed by atoms with Crippen molar-refractivity contribution in [2.75, 3.05) is 0 Å². The average molecular weight is 180 g/mol. The summed E-state index contributed by atoms with van der Waals surface area (Å²) >= 11 is 0. The summed E-state index contributed by atoms with van der Waals surface area (Å²) in [5.74, 6) is -0.121. The molecule has 0 radical (unpaired) electrons. The van der Waals surface area contributed by atoms with Crippen LogP contribution < -0.4 is 5.73 Å². The van der Waals surface area contributed by atoms with Gasteiger partial charge in [-0.3, -0.25) is 9.78 Å². The number of ketones is 1. The van der Waals surface area contributed by atoms with Gasteiger partial charge in [0.15, 0.2) is 5.78 Å². The number of pyridine rings is 1. The number of carbonyl (C=O) groups excluding carboxylic acids is 1. The van der Waals surface area contributed by atoms with E-state index >= 15 is 0 Å². The SMILES string of the molecule is CC(=O)C(N)c1ccc(CO)cn1. The van der Waals surface area contributed by atoms with Crippen LogP contribution >= 0.6 is 0 Å². The summed E-state index contributed by atoms with van der Waals surface area (Å²) in [4.78, 5) is 14.8. The first kappa shape index (κ1) is 9.83. The Morgan fingerprint density at radius 2 is 2.38 bits per heavy atom. The van der Waals surface area contributed by atoms with E-state index in [1.54, 1.807) is 12.1 Å². The predicted molar refractivity (Wildman–Crippen MR) is 47.8 cm³/mol. The van der Waals surface area contributed by atoms with Crippen molar-refractivity contribution in [3.8, 4) is 0 Å². The molecule has 0 fully saturated rings. The van der Waals surface area contributed by atoms with Crippen molar-refractivity contribution in [3.63, 3.8) is 0 Å². The number of Topliss-reactive ketones (excluding diaryl/α,β-unsaturated/α-hetero) is 1. The molecule has 70 valence electrons. The summed E-state index contributed by atoms with van der Waals surface area (Å²) in [7, 11) is 0. The van der Waals surface area contributed by atoms with Gasteiger partial charge in [-0.15, -0.1) is 0 Å². The molecule has 1 aromatic heterocycles. The third kappa shape index (κ3) is 2.34. The monoisotopic (exact) mass is 180 g/mol. The van der Waals surface area contributed by atoms with E-state index in [1.165, 1.54) is 13.1 Å². The van der Waals surface area contributed by atoms with Crippen molar-refractivity contribution in [2.45, 2.75) is 19.6 Å². The standard InChI is InChI=1S/C9H12N2O2/c1-6(13)9(10)8-3-2-7(5-12)4-11-8/h2-4,9,12H,5,10H2,1H3. The minimum Gasteiger partial charge on any atom is -0.392 e. The zero-order chi connectivity index (χ0) is 9.84. The number of nitrogens with two attached hydrogens (primary N) is 1. The quantitative estimate of drug-likeness (QED) is 0.694. The van der Waals surface area contributed by atoms with Gasteiger partial charge in [-0.2, -0.15) is 0 Å². The molecule has 13 heavy (non-hydrogen) atoms. The lowest BCUT2D eigenvalue weighted by molar-refractivity contribution is -0.118. The number of nitrogens with zero attached hydrogens (tertiary/aromatic N) is 1. The van der Waals surface area contributed by atoms with Gasteiger partial charge in [0.25, 0.3) is 0 Å². The molecule has 0 amide bonds. The maximum absolute atomic E-state index is 10.9. The molecule has 0 aromatic carbocycles. The van der Waals surface area contributed by atoms with Crippen molar-refractivity contribution in [2.24, 2.45) is 5.73 Å². The molecule has 0 aliphatic carbocycles.